The topological polar surface area (TPSA) is 79.6 Å². The molecule has 0 fully saturated rings. The van der Waals surface area contributed by atoms with Gasteiger partial charge in [0, 0.05) is 19.8 Å². The number of hydrogen-bond acceptors (Lipinski definition) is 4. The molecule has 0 aliphatic heterocycles. The minimum Gasteiger partial charge on any atom is -0.298 e. The molecule has 0 aliphatic carbocycles. The predicted octanol–water partition coefficient (Wildman–Crippen LogP) is 1.59. The Labute approximate surface area is 161 Å². The van der Waals surface area contributed by atoms with Gasteiger partial charge in [-0.25, -0.2) is 9.48 Å². The Kier molecular flexibility index (Phi) is 4.06. The lowest BCUT2D eigenvalue weighted by molar-refractivity contribution is 0.691. The summed E-state index contributed by atoms with van der Waals surface area (Å²) < 4.78 is 6.06. The molecule has 3 aromatic heterocycles. The molecular weight excluding hydrogens is 356 g/mol. The van der Waals surface area contributed by atoms with Gasteiger partial charge < -0.3 is 0 Å². The first-order valence-electron chi connectivity index (χ1n) is 9.03. The molecule has 4 aromatic rings. The number of hydrogen-bond donors (Lipinski definition) is 0. The molecule has 0 saturated heterocycles. The number of nitrogens with zero attached hydrogens (tertiary/aromatic N) is 6. The molecule has 144 valence electrons. The van der Waals surface area contributed by atoms with Gasteiger partial charge in [-0.05, 0) is 32.4 Å². The molecule has 8 heteroatoms. The highest BCUT2D eigenvalue weighted by Gasteiger charge is 2.21. The van der Waals surface area contributed by atoms with Gasteiger partial charge >= 0.3 is 5.69 Å². The molecular formula is C20H22N6O2. The fraction of sp³-hybridized carbons (Fsp3) is 0.300. The Morgan fingerprint density at radius 1 is 0.964 bits per heavy atom. The Balaban J connectivity index is 2.07. The van der Waals surface area contributed by atoms with E-state index in [1.807, 2.05) is 55.7 Å². The molecule has 0 spiro atoms. The molecule has 0 unspecified atom stereocenters. The van der Waals surface area contributed by atoms with Gasteiger partial charge in [-0.15, -0.1) is 0 Å². The molecule has 8 nitrogen and oxygen atoms in total. The fourth-order valence-electron chi connectivity index (χ4n) is 3.45. The van der Waals surface area contributed by atoms with E-state index in [0.29, 0.717) is 23.7 Å². The zero-order chi connectivity index (χ0) is 20.2. The smallest absolute Gasteiger partial charge is 0.298 e. The second kappa shape index (κ2) is 6.33. The van der Waals surface area contributed by atoms with Crippen LogP contribution >= 0.6 is 0 Å². The summed E-state index contributed by atoms with van der Waals surface area (Å²) in [7, 11) is 3.11. The van der Waals surface area contributed by atoms with Crippen LogP contribution in [0.5, 0.6) is 0 Å². The third-order valence-corrected chi connectivity index (χ3v) is 4.99. The van der Waals surface area contributed by atoms with Crippen molar-refractivity contribution in [1.82, 2.24) is 28.5 Å². The van der Waals surface area contributed by atoms with Gasteiger partial charge in [0.15, 0.2) is 11.2 Å². The van der Waals surface area contributed by atoms with Crippen molar-refractivity contribution in [2.24, 2.45) is 14.1 Å². The molecule has 3 heterocycles. The van der Waals surface area contributed by atoms with E-state index >= 15 is 0 Å². The van der Waals surface area contributed by atoms with Crippen LogP contribution in [0.25, 0.3) is 17.1 Å². The average Bonchev–Trinajstić information content (AvgIpc) is 3.19. The van der Waals surface area contributed by atoms with Crippen molar-refractivity contribution < 1.29 is 0 Å². The van der Waals surface area contributed by atoms with Crippen LogP contribution in [-0.2, 0) is 20.6 Å². The van der Waals surface area contributed by atoms with Crippen molar-refractivity contribution in [3.8, 4) is 5.95 Å². The summed E-state index contributed by atoms with van der Waals surface area (Å²) >= 11 is 0. The van der Waals surface area contributed by atoms with E-state index in [1.165, 1.54) is 11.6 Å². The first-order valence-corrected chi connectivity index (χ1v) is 9.03. The van der Waals surface area contributed by atoms with Gasteiger partial charge in [-0.1, -0.05) is 29.8 Å². The Bertz CT molecular complexity index is 1320. The van der Waals surface area contributed by atoms with Gasteiger partial charge in [0.2, 0.25) is 5.95 Å². The highest BCUT2D eigenvalue weighted by molar-refractivity contribution is 5.73. The van der Waals surface area contributed by atoms with E-state index in [1.54, 1.807) is 11.7 Å². The number of aryl methyl sites for hydroxylation is 4. The molecule has 0 atom stereocenters. The summed E-state index contributed by atoms with van der Waals surface area (Å²) in [6.45, 7) is 6.32. The highest BCUT2D eigenvalue weighted by Crippen LogP contribution is 2.19. The van der Waals surface area contributed by atoms with Crippen LogP contribution < -0.4 is 11.2 Å². The maximum atomic E-state index is 13.0. The number of aromatic nitrogens is 6. The molecule has 0 bridgehead atoms. The lowest BCUT2D eigenvalue weighted by atomic mass is 10.1. The summed E-state index contributed by atoms with van der Waals surface area (Å²) in [4.78, 5) is 30.0. The normalized spacial score (nSPS) is 11.5. The zero-order valence-electron chi connectivity index (χ0n) is 16.6. The standard InChI is InChI=1S/C20H22N6O2/c1-12-6-8-15(9-7-12)11-25-16-17(23(4)20(28)24(5)18(16)27)21-19(25)26-14(3)10-13(2)22-26/h6-10H,11H2,1-5H3. The van der Waals surface area contributed by atoms with Gasteiger partial charge in [0.1, 0.15) is 0 Å². The summed E-state index contributed by atoms with van der Waals surface area (Å²) in [5.41, 5.74) is 3.91. The van der Waals surface area contributed by atoms with E-state index in [4.69, 9.17) is 0 Å². The van der Waals surface area contributed by atoms with Crippen LogP contribution in [0.4, 0.5) is 0 Å². The lowest BCUT2D eigenvalue weighted by Gasteiger charge is -2.11. The zero-order valence-corrected chi connectivity index (χ0v) is 16.6. The second-order valence-corrected chi connectivity index (χ2v) is 7.20. The van der Waals surface area contributed by atoms with Crippen LogP contribution in [0.1, 0.15) is 22.5 Å². The SMILES string of the molecule is Cc1ccc(Cn2c(-n3nc(C)cc3C)nc3c2c(=O)n(C)c(=O)n3C)cc1. The van der Waals surface area contributed by atoms with Gasteiger partial charge in [0.25, 0.3) is 5.56 Å². The molecule has 0 aliphatic rings. The van der Waals surface area contributed by atoms with Crippen molar-refractivity contribution in [3.63, 3.8) is 0 Å². The quantitative estimate of drug-likeness (QED) is 0.542. The van der Waals surface area contributed by atoms with Crippen LogP contribution in [-0.4, -0.2) is 28.5 Å². The minimum absolute atomic E-state index is 0.350. The van der Waals surface area contributed by atoms with E-state index in [-0.39, 0.29) is 5.56 Å². The third kappa shape index (κ3) is 2.69. The number of rotatable bonds is 3. The Hall–Kier alpha value is -3.42. The Morgan fingerprint density at radius 2 is 1.64 bits per heavy atom. The largest absolute Gasteiger partial charge is 0.332 e. The fourth-order valence-corrected chi connectivity index (χ4v) is 3.45. The molecule has 0 saturated carbocycles. The molecule has 0 radical (unpaired) electrons. The van der Waals surface area contributed by atoms with Crippen LogP contribution in [0.2, 0.25) is 0 Å². The number of benzene rings is 1. The monoisotopic (exact) mass is 378 g/mol. The highest BCUT2D eigenvalue weighted by atomic mass is 16.2. The minimum atomic E-state index is -0.405. The molecule has 1 aromatic carbocycles. The van der Waals surface area contributed by atoms with Crippen molar-refractivity contribution in [2.45, 2.75) is 27.3 Å². The second-order valence-electron chi connectivity index (χ2n) is 7.20. The van der Waals surface area contributed by atoms with E-state index < -0.39 is 5.69 Å². The maximum Gasteiger partial charge on any atom is 0.332 e. The number of imidazole rings is 1. The van der Waals surface area contributed by atoms with E-state index in [0.717, 1.165) is 27.1 Å². The lowest BCUT2D eigenvalue weighted by Crippen LogP contribution is -2.37. The van der Waals surface area contributed by atoms with Crippen molar-refractivity contribution in [1.29, 1.82) is 0 Å². The van der Waals surface area contributed by atoms with Gasteiger partial charge in [0.05, 0.1) is 12.2 Å². The Morgan fingerprint density at radius 3 is 2.25 bits per heavy atom. The van der Waals surface area contributed by atoms with E-state index in [2.05, 4.69) is 10.1 Å². The first kappa shape index (κ1) is 18.0. The summed E-state index contributed by atoms with van der Waals surface area (Å²) in [6, 6.07) is 10.1. The predicted molar refractivity (Wildman–Crippen MR) is 107 cm³/mol. The summed E-state index contributed by atoms with van der Waals surface area (Å²) in [5, 5.41) is 4.53. The number of fused-ring (bicyclic) bond motifs is 1. The maximum absolute atomic E-state index is 13.0. The van der Waals surface area contributed by atoms with Crippen molar-refractivity contribution in [2.75, 3.05) is 0 Å². The summed E-state index contributed by atoms with van der Waals surface area (Å²) in [6.07, 6.45) is 0. The first-order chi connectivity index (χ1) is 13.3. The van der Waals surface area contributed by atoms with Crippen LogP contribution in [0.15, 0.2) is 39.9 Å². The van der Waals surface area contributed by atoms with Gasteiger partial charge in [-0.3, -0.25) is 18.5 Å². The molecule has 28 heavy (non-hydrogen) atoms. The molecule has 4 rings (SSSR count). The molecule has 0 N–H and O–H groups in total. The van der Waals surface area contributed by atoms with Crippen molar-refractivity contribution in [3.05, 3.63) is 73.7 Å². The average molecular weight is 378 g/mol. The molecule has 0 amide bonds. The van der Waals surface area contributed by atoms with Crippen molar-refractivity contribution >= 4 is 11.2 Å². The van der Waals surface area contributed by atoms with Crippen LogP contribution in [0, 0.1) is 20.8 Å². The van der Waals surface area contributed by atoms with Gasteiger partial charge in [-0.2, -0.15) is 10.1 Å². The van der Waals surface area contributed by atoms with Crippen LogP contribution in [0.3, 0.4) is 0 Å². The summed E-state index contributed by atoms with van der Waals surface area (Å²) in [5.74, 6) is 0.513. The van der Waals surface area contributed by atoms with E-state index in [9.17, 15) is 9.59 Å². The third-order valence-electron chi connectivity index (χ3n) is 4.99.